The summed E-state index contributed by atoms with van der Waals surface area (Å²) in [5, 5.41) is 3.21. The van der Waals surface area contributed by atoms with Crippen molar-refractivity contribution in [1.82, 2.24) is 5.32 Å². The van der Waals surface area contributed by atoms with Gasteiger partial charge in [-0.15, -0.1) is 0 Å². The molecule has 0 bridgehead atoms. The molecular formula is C13H18F3N. The van der Waals surface area contributed by atoms with E-state index in [1.54, 1.807) is 6.07 Å². The lowest BCUT2D eigenvalue weighted by Gasteiger charge is -2.21. The van der Waals surface area contributed by atoms with Crippen molar-refractivity contribution in [1.29, 1.82) is 0 Å². The van der Waals surface area contributed by atoms with Gasteiger partial charge in [0.25, 0.3) is 0 Å². The highest BCUT2D eigenvalue weighted by Crippen LogP contribution is 2.34. The molecule has 0 amide bonds. The minimum absolute atomic E-state index is 0.0858. The van der Waals surface area contributed by atoms with Gasteiger partial charge in [0, 0.05) is 12.1 Å². The highest BCUT2D eigenvalue weighted by atomic mass is 19.4. The van der Waals surface area contributed by atoms with Crippen LogP contribution in [0.15, 0.2) is 18.2 Å². The first-order valence-corrected chi connectivity index (χ1v) is 5.66. The van der Waals surface area contributed by atoms with E-state index in [2.05, 4.69) is 5.32 Å². The number of rotatable bonds is 3. The molecule has 0 aromatic heterocycles. The van der Waals surface area contributed by atoms with Crippen LogP contribution >= 0.6 is 0 Å². The summed E-state index contributed by atoms with van der Waals surface area (Å²) < 4.78 is 38.2. The first-order valence-electron chi connectivity index (χ1n) is 5.66. The van der Waals surface area contributed by atoms with Gasteiger partial charge in [-0.25, -0.2) is 0 Å². The Labute approximate surface area is 100 Å². The average molecular weight is 245 g/mol. The van der Waals surface area contributed by atoms with Crippen molar-refractivity contribution in [2.24, 2.45) is 0 Å². The van der Waals surface area contributed by atoms with Gasteiger partial charge < -0.3 is 5.32 Å². The van der Waals surface area contributed by atoms with Crippen LogP contribution in [0.2, 0.25) is 0 Å². The summed E-state index contributed by atoms with van der Waals surface area (Å²) in [5.74, 6) is 0. The zero-order valence-corrected chi connectivity index (χ0v) is 10.5. The van der Waals surface area contributed by atoms with Gasteiger partial charge in [-0.3, -0.25) is 0 Å². The zero-order chi connectivity index (χ0) is 13.2. The van der Waals surface area contributed by atoms with E-state index in [9.17, 15) is 13.2 Å². The van der Waals surface area contributed by atoms with Crippen molar-refractivity contribution >= 4 is 0 Å². The van der Waals surface area contributed by atoms with Gasteiger partial charge >= 0.3 is 6.18 Å². The summed E-state index contributed by atoms with van der Waals surface area (Å²) >= 11 is 0. The van der Waals surface area contributed by atoms with E-state index in [0.29, 0.717) is 11.1 Å². The van der Waals surface area contributed by atoms with Crippen molar-refractivity contribution in [3.05, 3.63) is 34.9 Å². The Balaban J connectivity index is 3.10. The normalized spacial score (nSPS) is 14.1. The molecule has 0 unspecified atom stereocenters. The SMILES string of the molecule is Cc1c([C@@H](C)NC(C)C)cccc1C(F)(F)F. The second kappa shape index (κ2) is 5.08. The molecular weight excluding hydrogens is 227 g/mol. The van der Waals surface area contributed by atoms with Gasteiger partial charge in [-0.05, 0) is 31.0 Å². The third-order valence-corrected chi connectivity index (χ3v) is 2.73. The topological polar surface area (TPSA) is 12.0 Å². The molecule has 0 saturated heterocycles. The van der Waals surface area contributed by atoms with Gasteiger partial charge in [-0.1, -0.05) is 26.0 Å². The van der Waals surface area contributed by atoms with Gasteiger partial charge in [0.1, 0.15) is 0 Å². The molecule has 1 rings (SSSR count). The minimum atomic E-state index is -4.28. The predicted molar refractivity (Wildman–Crippen MR) is 62.9 cm³/mol. The van der Waals surface area contributed by atoms with Crippen LogP contribution in [0.5, 0.6) is 0 Å². The molecule has 0 radical (unpaired) electrons. The van der Waals surface area contributed by atoms with E-state index in [4.69, 9.17) is 0 Å². The summed E-state index contributed by atoms with van der Waals surface area (Å²) in [6.45, 7) is 7.35. The molecule has 1 nitrogen and oxygen atoms in total. The summed E-state index contributed by atoms with van der Waals surface area (Å²) in [6.07, 6.45) is -4.28. The van der Waals surface area contributed by atoms with Crippen LogP contribution in [0.4, 0.5) is 13.2 Å². The van der Waals surface area contributed by atoms with E-state index >= 15 is 0 Å². The van der Waals surface area contributed by atoms with E-state index in [1.807, 2.05) is 20.8 Å². The third-order valence-electron chi connectivity index (χ3n) is 2.73. The number of halogens is 3. The Bertz CT molecular complexity index is 383. The zero-order valence-electron chi connectivity index (χ0n) is 10.5. The molecule has 0 fully saturated rings. The van der Waals surface area contributed by atoms with Gasteiger partial charge in [0.05, 0.1) is 5.56 Å². The lowest BCUT2D eigenvalue weighted by Crippen LogP contribution is -2.27. The van der Waals surface area contributed by atoms with Crippen molar-refractivity contribution in [2.75, 3.05) is 0 Å². The summed E-state index contributed by atoms with van der Waals surface area (Å²) in [7, 11) is 0. The molecule has 0 aliphatic rings. The fourth-order valence-corrected chi connectivity index (χ4v) is 2.02. The van der Waals surface area contributed by atoms with E-state index in [1.165, 1.54) is 13.0 Å². The Morgan fingerprint density at radius 1 is 1.12 bits per heavy atom. The largest absolute Gasteiger partial charge is 0.416 e. The second-order valence-corrected chi connectivity index (χ2v) is 4.56. The number of hydrogen-bond acceptors (Lipinski definition) is 1. The molecule has 0 heterocycles. The summed E-state index contributed by atoms with van der Waals surface area (Å²) in [5.41, 5.74) is 0.460. The molecule has 1 aromatic carbocycles. The highest BCUT2D eigenvalue weighted by Gasteiger charge is 2.33. The van der Waals surface area contributed by atoms with E-state index in [0.717, 1.165) is 6.07 Å². The number of hydrogen-bond donors (Lipinski definition) is 1. The van der Waals surface area contributed by atoms with Crippen LogP contribution in [0, 0.1) is 6.92 Å². The quantitative estimate of drug-likeness (QED) is 0.846. The average Bonchev–Trinajstić information content (AvgIpc) is 2.14. The van der Waals surface area contributed by atoms with Crippen molar-refractivity contribution in [3.8, 4) is 0 Å². The molecule has 0 spiro atoms. The molecule has 1 atom stereocenters. The Kier molecular flexibility index (Phi) is 4.20. The first-order chi connectivity index (χ1) is 7.73. The Hall–Kier alpha value is -1.03. The van der Waals surface area contributed by atoms with Crippen LogP contribution in [-0.4, -0.2) is 6.04 Å². The summed E-state index contributed by atoms with van der Waals surface area (Å²) in [6, 6.07) is 4.48. The number of nitrogens with one attached hydrogen (secondary N) is 1. The third kappa shape index (κ3) is 3.46. The standard InChI is InChI=1S/C13H18F3N/c1-8(2)17-10(4)11-6-5-7-12(9(11)3)13(14,15)16/h5-8,10,17H,1-4H3/t10-/m1/s1. The molecule has 96 valence electrons. The van der Waals surface area contributed by atoms with Crippen LogP contribution in [0.25, 0.3) is 0 Å². The van der Waals surface area contributed by atoms with Crippen LogP contribution in [0.3, 0.4) is 0 Å². The van der Waals surface area contributed by atoms with Crippen molar-refractivity contribution in [2.45, 2.75) is 46.0 Å². The molecule has 0 aliphatic carbocycles. The number of alkyl halides is 3. The maximum atomic E-state index is 12.7. The molecule has 17 heavy (non-hydrogen) atoms. The smallest absolute Gasteiger partial charge is 0.308 e. The molecule has 1 N–H and O–H groups in total. The second-order valence-electron chi connectivity index (χ2n) is 4.56. The lowest BCUT2D eigenvalue weighted by molar-refractivity contribution is -0.138. The predicted octanol–water partition coefficient (Wildman–Crippen LogP) is 4.07. The Morgan fingerprint density at radius 2 is 1.71 bits per heavy atom. The van der Waals surface area contributed by atoms with Crippen molar-refractivity contribution < 1.29 is 13.2 Å². The molecule has 0 saturated carbocycles. The minimum Gasteiger partial charge on any atom is -0.308 e. The van der Waals surface area contributed by atoms with Crippen LogP contribution in [-0.2, 0) is 6.18 Å². The molecule has 4 heteroatoms. The van der Waals surface area contributed by atoms with E-state index in [-0.39, 0.29) is 12.1 Å². The fraction of sp³-hybridized carbons (Fsp3) is 0.538. The molecule has 0 aliphatic heterocycles. The lowest BCUT2D eigenvalue weighted by atomic mass is 9.97. The van der Waals surface area contributed by atoms with Gasteiger partial charge in [0.2, 0.25) is 0 Å². The van der Waals surface area contributed by atoms with Gasteiger partial charge in [-0.2, -0.15) is 13.2 Å². The first kappa shape index (κ1) is 14.0. The monoisotopic (exact) mass is 245 g/mol. The van der Waals surface area contributed by atoms with Crippen molar-refractivity contribution in [3.63, 3.8) is 0 Å². The summed E-state index contributed by atoms with van der Waals surface area (Å²) in [4.78, 5) is 0. The maximum absolute atomic E-state index is 12.7. The maximum Gasteiger partial charge on any atom is 0.416 e. The van der Waals surface area contributed by atoms with Gasteiger partial charge in [0.15, 0.2) is 0 Å². The van der Waals surface area contributed by atoms with Crippen LogP contribution < -0.4 is 5.32 Å². The Morgan fingerprint density at radius 3 is 2.18 bits per heavy atom. The fourth-order valence-electron chi connectivity index (χ4n) is 2.02. The highest BCUT2D eigenvalue weighted by molar-refractivity contribution is 5.37. The van der Waals surface area contributed by atoms with Crippen LogP contribution in [0.1, 0.15) is 43.5 Å². The van der Waals surface area contributed by atoms with E-state index < -0.39 is 11.7 Å². The number of benzene rings is 1. The molecule has 1 aromatic rings.